The van der Waals surface area contributed by atoms with Crippen molar-refractivity contribution in [3.63, 3.8) is 0 Å². The average molecular weight is 443 g/mol. The third-order valence-electron chi connectivity index (χ3n) is 5.35. The molecule has 3 aromatic rings. The number of aromatic hydroxyl groups is 1. The van der Waals surface area contributed by atoms with Crippen LogP contribution in [0.2, 0.25) is 0 Å². The molecular weight excluding hydrogens is 422 g/mol. The number of carbonyl (C=O) groups excluding carboxylic acids is 1. The van der Waals surface area contributed by atoms with E-state index in [0.717, 1.165) is 0 Å². The number of amides is 1. The first kappa shape index (κ1) is 20.9. The predicted octanol–water partition coefficient (Wildman–Crippen LogP) is 2.19. The monoisotopic (exact) mass is 443 g/mol. The molecule has 1 aliphatic heterocycles. The zero-order valence-corrected chi connectivity index (χ0v) is 17.6. The molecule has 8 nitrogen and oxygen atoms in total. The number of likely N-dealkylation sites (N-methyl/N-ethyl adjacent to an activating group) is 1. The van der Waals surface area contributed by atoms with Crippen LogP contribution < -0.4 is 10.2 Å². The Hall–Kier alpha value is -3.33. The number of benzene rings is 2. The summed E-state index contributed by atoms with van der Waals surface area (Å²) in [7, 11) is -1.57. The van der Waals surface area contributed by atoms with Crippen LogP contribution in [0.5, 0.6) is 11.5 Å². The molecule has 1 amide bonds. The number of phenols is 1. The highest BCUT2D eigenvalue weighted by atomic mass is 32.2. The summed E-state index contributed by atoms with van der Waals surface area (Å²) in [5.41, 5.74) is 0.432. The summed E-state index contributed by atoms with van der Waals surface area (Å²) >= 11 is 0. The highest BCUT2D eigenvalue weighted by Crippen LogP contribution is 2.31. The standard InChI is InChI=1S/C22H21NO7S/c1-23(15-7-8-31(27,28)13-15)21(26)12-29-16-9-17(24)22-18(25)11-19(30-20(22)10-16)14-5-3-2-4-6-14/h2-6,9-11,15,24H,7-8,12-13H2,1H3. The lowest BCUT2D eigenvalue weighted by Gasteiger charge is -2.23. The Labute approximate surface area is 178 Å². The van der Waals surface area contributed by atoms with Gasteiger partial charge in [-0.2, -0.15) is 0 Å². The van der Waals surface area contributed by atoms with Crippen molar-refractivity contribution >= 4 is 26.7 Å². The summed E-state index contributed by atoms with van der Waals surface area (Å²) in [6.45, 7) is -0.347. The SMILES string of the molecule is CN(C(=O)COc1cc(O)c2c(=O)cc(-c3ccccc3)oc2c1)C1CCS(=O)(=O)C1. The van der Waals surface area contributed by atoms with E-state index in [9.17, 15) is 23.1 Å². The second kappa shape index (κ2) is 8.07. The van der Waals surface area contributed by atoms with E-state index >= 15 is 0 Å². The van der Waals surface area contributed by atoms with E-state index in [1.165, 1.54) is 23.1 Å². The number of ether oxygens (including phenoxy) is 1. The van der Waals surface area contributed by atoms with Crippen molar-refractivity contribution in [1.82, 2.24) is 4.90 Å². The molecule has 1 atom stereocenters. The molecule has 1 N–H and O–H groups in total. The van der Waals surface area contributed by atoms with Crippen LogP contribution in [0.4, 0.5) is 0 Å². The molecule has 9 heteroatoms. The molecule has 1 saturated heterocycles. The quantitative estimate of drug-likeness (QED) is 0.643. The van der Waals surface area contributed by atoms with Crippen LogP contribution in [-0.4, -0.2) is 55.5 Å². The predicted molar refractivity (Wildman–Crippen MR) is 115 cm³/mol. The van der Waals surface area contributed by atoms with Crippen molar-refractivity contribution in [3.8, 4) is 22.8 Å². The minimum absolute atomic E-state index is 0.0200. The summed E-state index contributed by atoms with van der Waals surface area (Å²) in [5, 5.41) is 10.3. The maximum Gasteiger partial charge on any atom is 0.260 e. The van der Waals surface area contributed by atoms with Gasteiger partial charge < -0.3 is 19.2 Å². The smallest absolute Gasteiger partial charge is 0.260 e. The Kier molecular flexibility index (Phi) is 5.45. The molecule has 0 saturated carbocycles. The largest absolute Gasteiger partial charge is 0.507 e. The van der Waals surface area contributed by atoms with Gasteiger partial charge in [-0.3, -0.25) is 9.59 Å². The second-order valence-electron chi connectivity index (χ2n) is 7.51. The van der Waals surface area contributed by atoms with Gasteiger partial charge in [0.25, 0.3) is 5.91 Å². The minimum Gasteiger partial charge on any atom is -0.507 e. The van der Waals surface area contributed by atoms with E-state index in [0.29, 0.717) is 17.7 Å². The topological polar surface area (TPSA) is 114 Å². The Bertz CT molecular complexity index is 1300. The van der Waals surface area contributed by atoms with Gasteiger partial charge in [0.1, 0.15) is 28.2 Å². The maximum absolute atomic E-state index is 12.5. The van der Waals surface area contributed by atoms with Crippen molar-refractivity contribution in [3.05, 3.63) is 58.8 Å². The minimum atomic E-state index is -3.11. The van der Waals surface area contributed by atoms with Gasteiger partial charge in [-0.15, -0.1) is 0 Å². The normalized spacial score (nSPS) is 17.5. The van der Waals surface area contributed by atoms with Crippen molar-refractivity contribution in [2.24, 2.45) is 0 Å². The van der Waals surface area contributed by atoms with Gasteiger partial charge in [-0.05, 0) is 6.42 Å². The first-order valence-electron chi connectivity index (χ1n) is 9.69. The van der Waals surface area contributed by atoms with Crippen molar-refractivity contribution in [2.75, 3.05) is 25.2 Å². The van der Waals surface area contributed by atoms with Gasteiger partial charge in [0.15, 0.2) is 21.9 Å². The number of rotatable bonds is 5. The Morgan fingerprint density at radius 3 is 2.65 bits per heavy atom. The molecular formula is C22H21NO7S. The Morgan fingerprint density at radius 2 is 1.97 bits per heavy atom. The average Bonchev–Trinajstić information content (AvgIpc) is 3.11. The van der Waals surface area contributed by atoms with E-state index in [2.05, 4.69) is 0 Å². The number of nitrogens with zero attached hydrogens (tertiary/aromatic N) is 1. The number of carbonyl (C=O) groups is 1. The van der Waals surface area contributed by atoms with Gasteiger partial charge in [0, 0.05) is 36.9 Å². The first-order chi connectivity index (χ1) is 14.7. The molecule has 4 rings (SSSR count). The van der Waals surface area contributed by atoms with Crippen molar-refractivity contribution in [1.29, 1.82) is 0 Å². The lowest BCUT2D eigenvalue weighted by atomic mass is 10.1. The first-order valence-corrected chi connectivity index (χ1v) is 11.5. The molecule has 162 valence electrons. The Morgan fingerprint density at radius 1 is 1.23 bits per heavy atom. The van der Waals surface area contributed by atoms with Crippen LogP contribution in [0, 0.1) is 0 Å². The molecule has 1 fully saturated rings. The molecule has 1 unspecified atom stereocenters. The fraction of sp³-hybridized carbons (Fsp3) is 0.273. The molecule has 1 aliphatic rings. The molecule has 0 radical (unpaired) electrons. The highest BCUT2D eigenvalue weighted by Gasteiger charge is 2.32. The van der Waals surface area contributed by atoms with E-state index in [1.807, 2.05) is 18.2 Å². The van der Waals surface area contributed by atoms with E-state index < -0.39 is 15.3 Å². The van der Waals surface area contributed by atoms with Crippen LogP contribution in [0.1, 0.15) is 6.42 Å². The summed E-state index contributed by atoms with van der Waals surface area (Å²) < 4.78 is 34.6. The number of hydrogen-bond acceptors (Lipinski definition) is 7. The molecule has 2 heterocycles. The summed E-state index contributed by atoms with van der Waals surface area (Å²) in [5.74, 6) is -0.201. The number of phenolic OH excluding ortho intramolecular Hbond substituents is 1. The lowest BCUT2D eigenvalue weighted by molar-refractivity contribution is -0.133. The van der Waals surface area contributed by atoms with Crippen molar-refractivity contribution in [2.45, 2.75) is 12.5 Å². The third-order valence-corrected chi connectivity index (χ3v) is 7.10. The van der Waals surface area contributed by atoms with Crippen LogP contribution >= 0.6 is 0 Å². The summed E-state index contributed by atoms with van der Waals surface area (Å²) in [6.07, 6.45) is 0.398. The molecule has 31 heavy (non-hydrogen) atoms. The lowest BCUT2D eigenvalue weighted by Crippen LogP contribution is -2.40. The van der Waals surface area contributed by atoms with Gasteiger partial charge >= 0.3 is 0 Å². The summed E-state index contributed by atoms with van der Waals surface area (Å²) in [4.78, 5) is 26.3. The van der Waals surface area contributed by atoms with E-state index in [-0.39, 0.29) is 52.5 Å². The van der Waals surface area contributed by atoms with Gasteiger partial charge in [0.2, 0.25) is 0 Å². The maximum atomic E-state index is 12.5. The molecule has 2 aromatic carbocycles. The fourth-order valence-corrected chi connectivity index (χ4v) is 5.38. The third kappa shape index (κ3) is 4.41. The van der Waals surface area contributed by atoms with E-state index in [1.54, 1.807) is 19.2 Å². The molecule has 0 spiro atoms. The summed E-state index contributed by atoms with van der Waals surface area (Å²) in [6, 6.07) is 12.7. The van der Waals surface area contributed by atoms with Gasteiger partial charge in [-0.25, -0.2) is 8.42 Å². The molecule has 0 bridgehead atoms. The van der Waals surface area contributed by atoms with Crippen LogP contribution in [0.15, 0.2) is 57.7 Å². The fourth-order valence-electron chi connectivity index (χ4n) is 3.60. The molecule has 0 aliphatic carbocycles. The number of hydrogen-bond donors (Lipinski definition) is 1. The number of fused-ring (bicyclic) bond motifs is 1. The van der Waals surface area contributed by atoms with E-state index in [4.69, 9.17) is 9.15 Å². The highest BCUT2D eigenvalue weighted by molar-refractivity contribution is 7.91. The van der Waals surface area contributed by atoms with Gasteiger partial charge in [-0.1, -0.05) is 30.3 Å². The van der Waals surface area contributed by atoms with Crippen LogP contribution in [0.25, 0.3) is 22.3 Å². The molecule has 1 aromatic heterocycles. The van der Waals surface area contributed by atoms with Crippen LogP contribution in [-0.2, 0) is 14.6 Å². The zero-order valence-electron chi connectivity index (χ0n) is 16.8. The van der Waals surface area contributed by atoms with Crippen molar-refractivity contribution < 1.29 is 27.5 Å². The number of sulfone groups is 1. The second-order valence-corrected chi connectivity index (χ2v) is 9.74. The van der Waals surface area contributed by atoms with Crippen LogP contribution in [0.3, 0.4) is 0 Å². The van der Waals surface area contributed by atoms with Gasteiger partial charge in [0.05, 0.1) is 11.5 Å². The Balaban J connectivity index is 1.55. The zero-order chi connectivity index (χ0) is 22.2.